The largest absolute Gasteiger partial charge is 0.416 e. The van der Waals surface area contributed by atoms with Gasteiger partial charge in [-0.3, -0.25) is 4.90 Å². The van der Waals surface area contributed by atoms with E-state index in [0.29, 0.717) is 37.2 Å². The number of likely N-dealkylation sites (tertiary alicyclic amines) is 2. The Kier molecular flexibility index (Phi) is 8.43. The first-order valence-electron chi connectivity index (χ1n) is 13.2. The average molecular weight is 575 g/mol. The highest BCUT2D eigenvalue weighted by molar-refractivity contribution is 5.76. The van der Waals surface area contributed by atoms with Crippen molar-refractivity contribution in [2.45, 2.75) is 63.7 Å². The van der Waals surface area contributed by atoms with Crippen LogP contribution in [0, 0.1) is 18.7 Å². The summed E-state index contributed by atoms with van der Waals surface area (Å²) in [6, 6.07) is 3.57. The van der Waals surface area contributed by atoms with Crippen molar-refractivity contribution in [1.82, 2.24) is 14.7 Å². The SMILES string of the molecule is Cc1cc(F)ccc1C1[C@@H](CN2CCC[C@H]2N)CCN1C(=O)N(C)[C@@H](C)c1cc(C(F)(F)F)cc(C(F)(F)F)c1. The van der Waals surface area contributed by atoms with E-state index in [9.17, 15) is 35.5 Å². The van der Waals surface area contributed by atoms with Gasteiger partial charge in [0.25, 0.3) is 0 Å². The average Bonchev–Trinajstić information content (AvgIpc) is 3.47. The molecule has 5 nitrogen and oxygen atoms in total. The van der Waals surface area contributed by atoms with E-state index in [1.54, 1.807) is 17.9 Å². The predicted molar refractivity (Wildman–Crippen MR) is 135 cm³/mol. The van der Waals surface area contributed by atoms with Crippen molar-refractivity contribution in [3.05, 3.63) is 70.0 Å². The molecule has 2 saturated heterocycles. The van der Waals surface area contributed by atoms with E-state index >= 15 is 0 Å². The van der Waals surface area contributed by atoms with Gasteiger partial charge in [-0.15, -0.1) is 0 Å². The molecule has 4 rings (SSSR count). The molecule has 0 bridgehead atoms. The summed E-state index contributed by atoms with van der Waals surface area (Å²) in [4.78, 5) is 18.7. The lowest BCUT2D eigenvalue weighted by atomic mass is 9.90. The highest BCUT2D eigenvalue weighted by Crippen LogP contribution is 2.42. The van der Waals surface area contributed by atoms with Gasteiger partial charge < -0.3 is 15.5 Å². The molecule has 0 radical (unpaired) electrons. The highest BCUT2D eigenvalue weighted by Gasteiger charge is 2.43. The number of rotatable bonds is 5. The summed E-state index contributed by atoms with van der Waals surface area (Å²) in [5.74, 6) is -0.475. The number of alkyl halides is 6. The first-order chi connectivity index (χ1) is 18.6. The summed E-state index contributed by atoms with van der Waals surface area (Å²) in [6.07, 6.45) is -7.68. The second-order valence-corrected chi connectivity index (χ2v) is 10.8. The molecule has 2 aliphatic heterocycles. The van der Waals surface area contributed by atoms with Crippen molar-refractivity contribution >= 4 is 6.03 Å². The Morgan fingerprint density at radius 3 is 2.17 bits per heavy atom. The molecule has 12 heteroatoms. The summed E-state index contributed by atoms with van der Waals surface area (Å²) in [6.45, 7) is 4.87. The van der Waals surface area contributed by atoms with Crippen LogP contribution in [-0.4, -0.2) is 53.6 Å². The van der Waals surface area contributed by atoms with E-state index in [4.69, 9.17) is 5.73 Å². The number of hydrogen-bond acceptors (Lipinski definition) is 3. The second kappa shape index (κ2) is 11.2. The van der Waals surface area contributed by atoms with Crippen LogP contribution in [-0.2, 0) is 12.4 Å². The summed E-state index contributed by atoms with van der Waals surface area (Å²) in [5.41, 5.74) is 4.47. The van der Waals surface area contributed by atoms with Gasteiger partial charge in [-0.2, -0.15) is 26.3 Å². The van der Waals surface area contributed by atoms with Crippen molar-refractivity contribution in [1.29, 1.82) is 0 Å². The maximum atomic E-state index is 13.9. The summed E-state index contributed by atoms with van der Waals surface area (Å²) >= 11 is 0. The van der Waals surface area contributed by atoms with Crippen LogP contribution in [0.5, 0.6) is 0 Å². The smallest absolute Gasteiger partial charge is 0.321 e. The number of benzene rings is 2. The van der Waals surface area contributed by atoms with Crippen LogP contribution in [0.15, 0.2) is 36.4 Å². The Morgan fingerprint density at radius 1 is 1.02 bits per heavy atom. The standard InChI is InChI=1S/C28H33F7N4O/c1-16-11-22(29)6-7-23(16)25-18(15-38-9-4-5-24(38)36)8-10-39(25)26(40)37(3)17(2)19-12-20(27(30,31)32)14-21(13-19)28(33,34)35/h6-7,11-14,17-18,24-25H,4-5,8-10,15,36H2,1-3H3/t17-,18+,24-,25?/m0/s1. The molecule has 4 atom stereocenters. The molecule has 0 saturated carbocycles. The van der Waals surface area contributed by atoms with Gasteiger partial charge in [-0.1, -0.05) is 6.07 Å². The molecule has 2 aromatic rings. The van der Waals surface area contributed by atoms with Crippen molar-refractivity contribution in [3.8, 4) is 0 Å². The Morgan fingerprint density at radius 2 is 1.65 bits per heavy atom. The Balaban J connectivity index is 1.66. The van der Waals surface area contributed by atoms with E-state index < -0.39 is 47.4 Å². The summed E-state index contributed by atoms with van der Waals surface area (Å²) in [7, 11) is 1.36. The number of hydrogen-bond donors (Lipinski definition) is 1. The van der Waals surface area contributed by atoms with Gasteiger partial charge in [-0.05, 0) is 92.6 Å². The first kappa shape index (κ1) is 30.1. The number of aryl methyl sites for hydroxylation is 1. The molecule has 2 fully saturated rings. The van der Waals surface area contributed by atoms with Crippen LogP contribution >= 0.6 is 0 Å². The van der Waals surface area contributed by atoms with E-state index in [1.807, 2.05) is 0 Å². The molecular formula is C28H33F7N4O. The van der Waals surface area contributed by atoms with Gasteiger partial charge >= 0.3 is 18.4 Å². The minimum atomic E-state index is -5.00. The fourth-order valence-corrected chi connectivity index (χ4v) is 5.85. The van der Waals surface area contributed by atoms with E-state index in [2.05, 4.69) is 4.90 Å². The molecule has 0 aliphatic carbocycles. The molecule has 0 spiro atoms. The normalized spacial score (nSPS) is 23.1. The fourth-order valence-electron chi connectivity index (χ4n) is 5.85. The van der Waals surface area contributed by atoms with Crippen molar-refractivity contribution in [2.75, 3.05) is 26.7 Å². The van der Waals surface area contributed by atoms with Gasteiger partial charge in [-0.25, -0.2) is 9.18 Å². The number of urea groups is 1. The number of halogens is 7. The van der Waals surface area contributed by atoms with E-state index in [0.717, 1.165) is 29.8 Å². The van der Waals surface area contributed by atoms with Crippen LogP contribution in [0.1, 0.15) is 66.1 Å². The third-order valence-corrected chi connectivity index (χ3v) is 8.18. The van der Waals surface area contributed by atoms with Crippen LogP contribution in [0.25, 0.3) is 0 Å². The zero-order valence-electron chi connectivity index (χ0n) is 22.5. The van der Waals surface area contributed by atoms with Gasteiger partial charge in [0.05, 0.1) is 29.4 Å². The second-order valence-electron chi connectivity index (χ2n) is 10.8. The molecule has 2 amide bonds. The molecule has 220 valence electrons. The third kappa shape index (κ3) is 6.22. The fraction of sp³-hybridized carbons (Fsp3) is 0.536. The van der Waals surface area contributed by atoms with Crippen molar-refractivity contribution in [3.63, 3.8) is 0 Å². The lowest BCUT2D eigenvalue weighted by molar-refractivity contribution is -0.143. The highest BCUT2D eigenvalue weighted by atomic mass is 19.4. The lowest BCUT2D eigenvalue weighted by Crippen LogP contribution is -2.44. The van der Waals surface area contributed by atoms with Crippen LogP contribution in [0.3, 0.4) is 0 Å². The summed E-state index contributed by atoms with van der Waals surface area (Å²) in [5, 5.41) is 0. The number of nitrogens with zero attached hydrogens (tertiary/aromatic N) is 3. The van der Waals surface area contributed by atoms with Crippen molar-refractivity contribution in [2.24, 2.45) is 11.7 Å². The minimum absolute atomic E-state index is 0.0497. The molecule has 2 aliphatic rings. The van der Waals surface area contributed by atoms with Gasteiger partial charge in [0.1, 0.15) is 5.82 Å². The Bertz CT molecular complexity index is 1200. The van der Waals surface area contributed by atoms with E-state index in [1.165, 1.54) is 26.1 Å². The molecule has 40 heavy (non-hydrogen) atoms. The van der Waals surface area contributed by atoms with Crippen LogP contribution in [0.2, 0.25) is 0 Å². The lowest BCUT2D eigenvalue weighted by Gasteiger charge is -2.36. The van der Waals surface area contributed by atoms with Gasteiger partial charge in [0, 0.05) is 20.1 Å². The minimum Gasteiger partial charge on any atom is -0.321 e. The Hall–Kier alpha value is -2.86. The van der Waals surface area contributed by atoms with Crippen LogP contribution < -0.4 is 5.73 Å². The predicted octanol–water partition coefficient (Wildman–Crippen LogP) is 6.73. The number of carbonyl (C=O) groups is 1. The number of carbonyl (C=O) groups excluding carboxylic acids is 1. The quantitative estimate of drug-likeness (QED) is 0.403. The monoisotopic (exact) mass is 574 g/mol. The van der Waals surface area contributed by atoms with E-state index in [-0.39, 0.29) is 23.7 Å². The van der Waals surface area contributed by atoms with Crippen molar-refractivity contribution < 1.29 is 35.5 Å². The third-order valence-electron chi connectivity index (χ3n) is 8.18. The van der Waals surface area contributed by atoms with Gasteiger partial charge in [0.15, 0.2) is 0 Å². The molecule has 0 aromatic heterocycles. The zero-order chi connectivity index (χ0) is 29.6. The maximum absolute atomic E-state index is 13.9. The number of nitrogens with two attached hydrogens (primary N) is 1. The maximum Gasteiger partial charge on any atom is 0.416 e. The number of amides is 2. The molecular weight excluding hydrogens is 541 g/mol. The molecule has 2 N–H and O–H groups in total. The topological polar surface area (TPSA) is 52.8 Å². The van der Waals surface area contributed by atoms with Crippen LogP contribution in [0.4, 0.5) is 35.5 Å². The van der Waals surface area contributed by atoms with Gasteiger partial charge in [0.2, 0.25) is 0 Å². The zero-order valence-corrected chi connectivity index (χ0v) is 22.5. The molecule has 1 unspecified atom stereocenters. The first-order valence-corrected chi connectivity index (χ1v) is 13.2. The molecule has 2 heterocycles. The Labute approximate surface area is 228 Å². The molecule has 2 aromatic carbocycles. The summed E-state index contributed by atoms with van der Waals surface area (Å²) < 4.78 is 94.7.